The van der Waals surface area contributed by atoms with Crippen molar-refractivity contribution < 1.29 is 9.59 Å². The number of nitrogens with one attached hydrogen (secondary N) is 1. The average Bonchev–Trinajstić information content (AvgIpc) is 2.54. The molecule has 7 nitrogen and oxygen atoms in total. The minimum absolute atomic E-state index is 0.0309. The first-order chi connectivity index (χ1) is 10.9. The summed E-state index contributed by atoms with van der Waals surface area (Å²) in [4.78, 5) is 36.8. The molecule has 2 heterocycles. The van der Waals surface area contributed by atoms with Crippen molar-refractivity contribution in [1.29, 1.82) is 0 Å². The minimum atomic E-state index is -0.557. The highest BCUT2D eigenvalue weighted by atomic mass is 16.2. The van der Waals surface area contributed by atoms with Crippen molar-refractivity contribution >= 4 is 17.8 Å². The highest BCUT2D eigenvalue weighted by molar-refractivity contribution is 5.96. The van der Waals surface area contributed by atoms with E-state index in [9.17, 15) is 9.59 Å². The molecular weight excluding hydrogens is 294 g/mol. The predicted molar refractivity (Wildman–Crippen MR) is 88.5 cm³/mol. The minimum Gasteiger partial charge on any atom is -0.347 e. The molecule has 7 heteroatoms. The molecule has 1 aromatic rings. The molecule has 0 aliphatic carbocycles. The van der Waals surface area contributed by atoms with E-state index in [1.807, 2.05) is 25.9 Å². The van der Waals surface area contributed by atoms with Crippen molar-refractivity contribution in [2.75, 3.05) is 32.1 Å². The van der Waals surface area contributed by atoms with Crippen molar-refractivity contribution in [3.05, 3.63) is 17.5 Å². The van der Waals surface area contributed by atoms with Gasteiger partial charge in [0.05, 0.1) is 0 Å². The second-order valence-electron chi connectivity index (χ2n) is 6.17. The van der Waals surface area contributed by atoms with Crippen LogP contribution in [0.4, 0.5) is 5.95 Å². The summed E-state index contributed by atoms with van der Waals surface area (Å²) >= 11 is 0. The van der Waals surface area contributed by atoms with E-state index >= 15 is 0 Å². The lowest BCUT2D eigenvalue weighted by molar-refractivity contribution is -0.133. The zero-order valence-corrected chi connectivity index (χ0v) is 14.3. The third-order valence-corrected chi connectivity index (χ3v) is 3.86. The molecule has 2 rings (SSSR count). The normalized spacial score (nSPS) is 15.9. The number of anilines is 1. The Morgan fingerprint density at radius 2 is 1.87 bits per heavy atom. The molecular formula is C16H25N5O2. The van der Waals surface area contributed by atoms with Crippen LogP contribution >= 0.6 is 0 Å². The fourth-order valence-corrected chi connectivity index (χ4v) is 2.59. The molecule has 1 aliphatic rings. The van der Waals surface area contributed by atoms with Crippen LogP contribution in [-0.4, -0.2) is 59.9 Å². The van der Waals surface area contributed by atoms with Gasteiger partial charge in [0.25, 0.3) is 5.91 Å². The number of nitrogens with zero attached hydrogens (tertiary/aromatic N) is 4. The molecule has 1 N–H and O–H groups in total. The van der Waals surface area contributed by atoms with Crippen LogP contribution in [0, 0.1) is 6.92 Å². The van der Waals surface area contributed by atoms with Crippen LogP contribution in [0.1, 0.15) is 42.4 Å². The van der Waals surface area contributed by atoms with Gasteiger partial charge in [0.15, 0.2) is 0 Å². The molecule has 126 valence electrons. The van der Waals surface area contributed by atoms with Crippen LogP contribution < -0.4 is 10.2 Å². The molecule has 0 saturated carbocycles. The molecule has 1 aromatic heterocycles. The number of carbonyl (C=O) groups excluding carboxylic acids is 2. The van der Waals surface area contributed by atoms with E-state index in [0.717, 1.165) is 32.4 Å². The van der Waals surface area contributed by atoms with Gasteiger partial charge < -0.3 is 15.1 Å². The Bertz CT molecular complexity index is 582. The van der Waals surface area contributed by atoms with E-state index in [1.54, 1.807) is 17.9 Å². The van der Waals surface area contributed by atoms with E-state index in [0.29, 0.717) is 11.6 Å². The van der Waals surface area contributed by atoms with Gasteiger partial charge in [-0.3, -0.25) is 9.59 Å². The van der Waals surface area contributed by atoms with Gasteiger partial charge in [-0.1, -0.05) is 0 Å². The van der Waals surface area contributed by atoms with Crippen molar-refractivity contribution in [3.63, 3.8) is 0 Å². The van der Waals surface area contributed by atoms with Gasteiger partial charge in [-0.2, -0.15) is 0 Å². The maximum absolute atomic E-state index is 12.4. The molecule has 0 bridgehead atoms. The van der Waals surface area contributed by atoms with Gasteiger partial charge in [0.2, 0.25) is 11.9 Å². The zero-order valence-electron chi connectivity index (χ0n) is 14.3. The lowest BCUT2D eigenvalue weighted by Crippen LogP contribution is -2.48. The fourth-order valence-electron chi connectivity index (χ4n) is 2.59. The van der Waals surface area contributed by atoms with E-state index in [1.165, 1.54) is 0 Å². The number of hydrogen-bond acceptors (Lipinski definition) is 5. The third kappa shape index (κ3) is 4.40. The number of carbonyl (C=O) groups is 2. The lowest BCUT2D eigenvalue weighted by atomic mass is 10.1. The number of likely N-dealkylation sites (tertiary alicyclic amines) is 1. The highest BCUT2D eigenvalue weighted by Crippen LogP contribution is 2.11. The molecule has 1 saturated heterocycles. The molecule has 0 spiro atoms. The molecule has 1 unspecified atom stereocenters. The van der Waals surface area contributed by atoms with Crippen LogP contribution in [0.2, 0.25) is 0 Å². The smallest absolute Gasteiger partial charge is 0.270 e. The van der Waals surface area contributed by atoms with E-state index in [-0.39, 0.29) is 17.5 Å². The summed E-state index contributed by atoms with van der Waals surface area (Å²) in [6, 6.07) is 1.07. The number of rotatable bonds is 4. The Morgan fingerprint density at radius 1 is 1.22 bits per heavy atom. The predicted octanol–water partition coefficient (Wildman–Crippen LogP) is 0.982. The first-order valence-electron chi connectivity index (χ1n) is 8.01. The Hall–Kier alpha value is -2.18. The summed E-state index contributed by atoms with van der Waals surface area (Å²) < 4.78 is 0. The summed E-state index contributed by atoms with van der Waals surface area (Å²) in [7, 11) is 3.64. The number of piperidine rings is 1. The van der Waals surface area contributed by atoms with E-state index < -0.39 is 6.04 Å². The summed E-state index contributed by atoms with van der Waals surface area (Å²) in [6.45, 7) is 5.08. The second kappa shape index (κ2) is 7.39. The monoisotopic (exact) mass is 319 g/mol. The largest absolute Gasteiger partial charge is 0.347 e. The Labute approximate surface area is 137 Å². The molecule has 23 heavy (non-hydrogen) atoms. The Morgan fingerprint density at radius 3 is 2.48 bits per heavy atom. The Kier molecular flexibility index (Phi) is 5.52. The van der Waals surface area contributed by atoms with Crippen LogP contribution in [0.3, 0.4) is 0 Å². The molecule has 0 aromatic carbocycles. The van der Waals surface area contributed by atoms with Crippen molar-refractivity contribution in [2.24, 2.45) is 0 Å². The molecule has 1 atom stereocenters. The first-order valence-corrected chi connectivity index (χ1v) is 8.01. The first kappa shape index (κ1) is 17.2. The summed E-state index contributed by atoms with van der Waals surface area (Å²) in [5, 5.41) is 2.75. The maximum Gasteiger partial charge on any atom is 0.270 e. The zero-order chi connectivity index (χ0) is 17.0. The SMILES string of the molecule is Cc1cc(C(=O)NC(C)C(=O)N2CCCCC2)nc(N(C)C)n1. The number of aromatic nitrogens is 2. The van der Waals surface area contributed by atoms with Crippen LogP contribution in [-0.2, 0) is 4.79 Å². The fraction of sp³-hybridized carbons (Fsp3) is 0.625. The number of hydrogen-bond donors (Lipinski definition) is 1. The quantitative estimate of drug-likeness (QED) is 0.895. The third-order valence-electron chi connectivity index (χ3n) is 3.86. The molecule has 2 amide bonds. The van der Waals surface area contributed by atoms with Crippen molar-refractivity contribution in [3.8, 4) is 0 Å². The second-order valence-corrected chi connectivity index (χ2v) is 6.17. The summed E-state index contributed by atoms with van der Waals surface area (Å²) in [5.74, 6) is 0.0956. The summed E-state index contributed by atoms with van der Waals surface area (Å²) in [6.07, 6.45) is 3.23. The highest BCUT2D eigenvalue weighted by Gasteiger charge is 2.24. The van der Waals surface area contributed by atoms with Gasteiger partial charge in [0.1, 0.15) is 11.7 Å². The van der Waals surface area contributed by atoms with Crippen molar-refractivity contribution in [1.82, 2.24) is 20.2 Å². The van der Waals surface area contributed by atoms with Gasteiger partial charge in [0, 0.05) is 32.9 Å². The molecule has 0 radical (unpaired) electrons. The standard InChI is InChI=1S/C16H25N5O2/c1-11-10-13(19-16(17-11)20(3)4)14(22)18-12(2)15(23)21-8-6-5-7-9-21/h10,12H,5-9H2,1-4H3,(H,18,22). The summed E-state index contributed by atoms with van der Waals surface area (Å²) in [5.41, 5.74) is 0.989. The average molecular weight is 319 g/mol. The van der Waals surface area contributed by atoms with Gasteiger partial charge in [-0.05, 0) is 39.2 Å². The van der Waals surface area contributed by atoms with E-state index in [4.69, 9.17) is 0 Å². The molecule has 1 fully saturated rings. The topological polar surface area (TPSA) is 78.4 Å². The van der Waals surface area contributed by atoms with Gasteiger partial charge in [-0.15, -0.1) is 0 Å². The lowest BCUT2D eigenvalue weighted by Gasteiger charge is -2.29. The Balaban J connectivity index is 2.04. The van der Waals surface area contributed by atoms with Gasteiger partial charge in [-0.25, -0.2) is 9.97 Å². The van der Waals surface area contributed by atoms with E-state index in [2.05, 4.69) is 15.3 Å². The van der Waals surface area contributed by atoms with Crippen LogP contribution in [0.15, 0.2) is 6.07 Å². The maximum atomic E-state index is 12.4. The van der Waals surface area contributed by atoms with Crippen LogP contribution in [0.25, 0.3) is 0 Å². The van der Waals surface area contributed by atoms with Gasteiger partial charge >= 0.3 is 0 Å². The van der Waals surface area contributed by atoms with Crippen molar-refractivity contribution in [2.45, 2.75) is 39.2 Å². The van der Waals surface area contributed by atoms with Crippen LogP contribution in [0.5, 0.6) is 0 Å². The molecule has 1 aliphatic heterocycles. The number of amides is 2. The number of aryl methyl sites for hydroxylation is 1.